The number of rotatable bonds is 9. The minimum atomic E-state index is -0.530. The highest BCUT2D eigenvalue weighted by molar-refractivity contribution is 6.00. The number of hydrogen-bond donors (Lipinski definition) is 0. The Morgan fingerprint density at radius 1 is 0.258 bits per heavy atom. The van der Waals surface area contributed by atoms with Gasteiger partial charge in [-0.1, -0.05) is 243 Å². The summed E-state index contributed by atoms with van der Waals surface area (Å²) in [6, 6.07) is 100. The molecule has 310 valence electrons. The van der Waals surface area contributed by atoms with Gasteiger partial charge in [0.1, 0.15) is 0 Å². The van der Waals surface area contributed by atoms with E-state index in [1.54, 1.807) is 0 Å². The predicted molar refractivity (Wildman–Crippen MR) is 278 cm³/mol. The van der Waals surface area contributed by atoms with E-state index in [9.17, 15) is 0 Å². The summed E-state index contributed by atoms with van der Waals surface area (Å²) in [5.41, 5.74) is 19.8. The van der Waals surface area contributed by atoms with Gasteiger partial charge in [0.2, 0.25) is 0 Å². The van der Waals surface area contributed by atoms with Gasteiger partial charge in [-0.25, -0.2) is 0 Å². The molecule has 0 heterocycles. The second-order valence-electron chi connectivity index (χ2n) is 17.2. The van der Waals surface area contributed by atoms with Gasteiger partial charge in [-0.2, -0.15) is 0 Å². The van der Waals surface area contributed by atoms with Gasteiger partial charge in [-0.3, -0.25) is 0 Å². The van der Waals surface area contributed by atoms with E-state index in [-0.39, 0.29) is 0 Å². The quantitative estimate of drug-likeness (QED) is 0.140. The maximum atomic E-state index is 2.51. The van der Waals surface area contributed by atoms with Gasteiger partial charge in [0.05, 0.1) is 16.8 Å². The molecule has 0 saturated carbocycles. The molecular weight excluding hydrogens is 795 g/mol. The van der Waals surface area contributed by atoms with E-state index < -0.39 is 5.41 Å². The summed E-state index contributed by atoms with van der Waals surface area (Å²) in [4.78, 5) is 2.51. The van der Waals surface area contributed by atoms with E-state index in [2.05, 4.69) is 278 Å². The summed E-state index contributed by atoms with van der Waals surface area (Å²) >= 11 is 0. The van der Waals surface area contributed by atoms with Gasteiger partial charge in [-0.05, 0) is 108 Å². The lowest BCUT2D eigenvalue weighted by Gasteiger charge is -2.34. The van der Waals surface area contributed by atoms with Crippen LogP contribution in [0.1, 0.15) is 22.3 Å². The molecule has 0 unspecified atom stereocenters. The van der Waals surface area contributed by atoms with Gasteiger partial charge in [-0.15, -0.1) is 0 Å². The second kappa shape index (κ2) is 16.6. The lowest BCUT2D eigenvalue weighted by molar-refractivity contribution is 0.768. The molecule has 0 aliphatic heterocycles. The van der Waals surface area contributed by atoms with Crippen molar-refractivity contribution in [2.24, 2.45) is 0 Å². The molecule has 1 heteroatoms. The molecule has 0 N–H and O–H groups in total. The molecule has 66 heavy (non-hydrogen) atoms. The maximum Gasteiger partial charge on any atom is 0.0714 e. The van der Waals surface area contributed by atoms with Crippen LogP contribution in [0.2, 0.25) is 0 Å². The van der Waals surface area contributed by atoms with E-state index in [4.69, 9.17) is 0 Å². The molecule has 0 bridgehead atoms. The summed E-state index contributed by atoms with van der Waals surface area (Å²) in [6.07, 6.45) is 0. The van der Waals surface area contributed by atoms with Crippen LogP contribution in [0.25, 0.3) is 66.4 Å². The summed E-state index contributed by atoms with van der Waals surface area (Å²) in [5, 5.41) is 2.50. The predicted octanol–water partition coefficient (Wildman–Crippen LogP) is 17.3. The average Bonchev–Trinajstić information content (AvgIpc) is 3.71. The zero-order valence-corrected chi connectivity index (χ0v) is 36.4. The minimum Gasteiger partial charge on any atom is -0.309 e. The Kier molecular flexibility index (Phi) is 9.81. The van der Waals surface area contributed by atoms with E-state index >= 15 is 0 Å². The van der Waals surface area contributed by atoms with Crippen LogP contribution in [-0.2, 0) is 5.41 Å². The average molecular weight is 840 g/mol. The van der Waals surface area contributed by atoms with Crippen LogP contribution >= 0.6 is 0 Å². The number of hydrogen-bond acceptors (Lipinski definition) is 1. The number of benzene rings is 11. The first kappa shape index (κ1) is 39.1. The first-order valence-electron chi connectivity index (χ1n) is 22.8. The fraction of sp³-hybridized carbons (Fsp3) is 0.0154. The van der Waals surface area contributed by atoms with Crippen LogP contribution < -0.4 is 4.90 Å². The second-order valence-corrected chi connectivity index (χ2v) is 17.2. The lowest BCUT2D eigenvalue weighted by Crippen LogP contribution is -2.28. The van der Waals surface area contributed by atoms with Crippen molar-refractivity contribution in [1.29, 1.82) is 0 Å². The van der Waals surface area contributed by atoms with Crippen LogP contribution in [0.15, 0.2) is 273 Å². The molecule has 0 saturated heterocycles. The Bertz CT molecular complexity index is 3460. The van der Waals surface area contributed by atoms with Crippen LogP contribution in [0.3, 0.4) is 0 Å². The summed E-state index contributed by atoms with van der Waals surface area (Å²) in [5.74, 6) is 0. The van der Waals surface area contributed by atoms with Crippen LogP contribution in [-0.4, -0.2) is 0 Å². The fourth-order valence-electron chi connectivity index (χ4n) is 10.5. The first-order chi connectivity index (χ1) is 32.7. The van der Waals surface area contributed by atoms with E-state index in [1.165, 1.54) is 72.0 Å². The van der Waals surface area contributed by atoms with Gasteiger partial charge < -0.3 is 4.90 Å². The third-order valence-electron chi connectivity index (χ3n) is 13.6. The molecule has 1 nitrogen and oxygen atoms in total. The Labute approximate surface area is 387 Å². The summed E-state index contributed by atoms with van der Waals surface area (Å²) < 4.78 is 0. The third-order valence-corrected chi connectivity index (χ3v) is 13.6. The Morgan fingerprint density at radius 2 is 0.712 bits per heavy atom. The van der Waals surface area contributed by atoms with E-state index in [1.807, 2.05) is 0 Å². The van der Waals surface area contributed by atoms with Crippen molar-refractivity contribution in [3.05, 3.63) is 295 Å². The van der Waals surface area contributed by atoms with Gasteiger partial charge in [0.25, 0.3) is 0 Å². The first-order valence-corrected chi connectivity index (χ1v) is 22.8. The molecule has 0 atom stereocenters. The normalized spacial score (nSPS) is 12.4. The topological polar surface area (TPSA) is 3.24 Å². The summed E-state index contributed by atoms with van der Waals surface area (Å²) in [7, 11) is 0. The standard InChI is InChI=1S/C65H45N/c1-4-18-46(19-5-1)48-38-41-51(42-39-48)58-28-13-15-32-62(58)66(57-27-16-22-53(45-57)49-34-36-50(37-35-49)54-43-40-47-20-10-11-21-52(47)44-54)63-33-17-31-61-64(63)59-29-12-14-30-60(59)65(61,55-23-6-2-7-24-55)56-25-8-3-9-26-56/h1-45H. The molecular formula is C65H45N. The third kappa shape index (κ3) is 6.64. The zero-order chi connectivity index (χ0) is 43.9. The lowest BCUT2D eigenvalue weighted by atomic mass is 9.68. The molecule has 0 spiro atoms. The van der Waals surface area contributed by atoms with E-state index in [0.717, 1.165) is 33.8 Å². The van der Waals surface area contributed by atoms with Gasteiger partial charge in [0.15, 0.2) is 0 Å². The number of nitrogens with zero attached hydrogens (tertiary/aromatic N) is 1. The van der Waals surface area contributed by atoms with Crippen molar-refractivity contribution in [3.63, 3.8) is 0 Å². The maximum absolute atomic E-state index is 2.51. The molecule has 11 aromatic carbocycles. The highest BCUT2D eigenvalue weighted by atomic mass is 15.1. The Hall–Kier alpha value is -8.52. The van der Waals surface area contributed by atoms with Gasteiger partial charge in [0, 0.05) is 16.8 Å². The van der Waals surface area contributed by atoms with Crippen LogP contribution in [0.5, 0.6) is 0 Å². The van der Waals surface area contributed by atoms with Gasteiger partial charge >= 0.3 is 0 Å². The fourth-order valence-corrected chi connectivity index (χ4v) is 10.5. The molecule has 1 aliphatic carbocycles. The molecule has 0 amide bonds. The molecule has 12 rings (SSSR count). The van der Waals surface area contributed by atoms with Crippen molar-refractivity contribution >= 4 is 27.8 Å². The molecule has 11 aromatic rings. The molecule has 1 aliphatic rings. The molecule has 0 radical (unpaired) electrons. The van der Waals surface area contributed by atoms with Crippen molar-refractivity contribution in [2.75, 3.05) is 4.90 Å². The molecule has 0 aromatic heterocycles. The molecule has 0 fully saturated rings. The number of anilines is 3. The monoisotopic (exact) mass is 839 g/mol. The Balaban J connectivity index is 1.06. The highest BCUT2D eigenvalue weighted by Gasteiger charge is 2.47. The van der Waals surface area contributed by atoms with Crippen molar-refractivity contribution in [3.8, 4) is 55.6 Å². The zero-order valence-electron chi connectivity index (χ0n) is 36.4. The van der Waals surface area contributed by atoms with Crippen molar-refractivity contribution in [2.45, 2.75) is 5.41 Å². The summed E-state index contributed by atoms with van der Waals surface area (Å²) in [6.45, 7) is 0. The van der Waals surface area contributed by atoms with Crippen molar-refractivity contribution in [1.82, 2.24) is 0 Å². The Morgan fingerprint density at radius 3 is 1.41 bits per heavy atom. The smallest absolute Gasteiger partial charge is 0.0714 e. The SMILES string of the molecule is c1ccc(-c2ccc(-c3ccccc3N(c3cccc(-c4ccc(-c5ccc6ccccc6c5)cc4)c3)c3cccc4c3-c3ccccc3C4(c3ccccc3)c3ccccc3)cc2)cc1. The largest absolute Gasteiger partial charge is 0.309 e. The van der Waals surface area contributed by atoms with E-state index in [0.29, 0.717) is 0 Å². The van der Waals surface area contributed by atoms with Crippen LogP contribution in [0, 0.1) is 0 Å². The minimum absolute atomic E-state index is 0.530. The van der Waals surface area contributed by atoms with Crippen molar-refractivity contribution < 1.29 is 0 Å². The van der Waals surface area contributed by atoms with Crippen LogP contribution in [0.4, 0.5) is 17.1 Å². The highest BCUT2D eigenvalue weighted by Crippen LogP contribution is 2.60. The number of para-hydroxylation sites is 1. The number of fused-ring (bicyclic) bond motifs is 4.